The van der Waals surface area contributed by atoms with Crippen LogP contribution in [0.25, 0.3) is 0 Å². The molecule has 9 heavy (non-hydrogen) atoms. The molecule has 0 aromatic heterocycles. The molecule has 0 saturated carbocycles. The lowest BCUT2D eigenvalue weighted by Gasteiger charge is -1.02. The Morgan fingerprint density at radius 3 is 1.00 bits per heavy atom. The van der Waals surface area contributed by atoms with Gasteiger partial charge < -0.3 is 4.79 Å². The molecule has 3 nitrogen and oxygen atoms in total. The van der Waals surface area contributed by atoms with Gasteiger partial charge in [-0.05, 0) is 0 Å². The highest BCUT2D eigenvalue weighted by Crippen LogP contribution is 0.868. The molecule has 0 aliphatic rings. The first kappa shape index (κ1) is 95.2. The Bertz CT molecular complexity index is 40.3. The Kier molecular flexibility index (Phi) is 1090000. The zero-order chi connectivity index (χ0) is 4.71. The van der Waals surface area contributed by atoms with E-state index in [1.54, 1.807) is 0 Å². The number of nitrogens with one attached hydrogen (secondary N) is 1. The molecule has 0 unspecified atom stereocenters. The van der Waals surface area contributed by atoms with Crippen LogP contribution < -0.4 is 0 Å². The summed E-state index contributed by atoms with van der Waals surface area (Å²) in [7, 11) is 0. The van der Waals surface area contributed by atoms with Crippen molar-refractivity contribution in [2.45, 2.75) is 29.7 Å². The Morgan fingerprint density at radius 2 is 1.00 bits per heavy atom. The highest BCUT2D eigenvalue weighted by atomic mass is 16.1. The first-order valence-corrected chi connectivity index (χ1v) is 0.743. The second kappa shape index (κ2) is 103000. The molecule has 60 valence electrons. The summed E-state index contributed by atoms with van der Waals surface area (Å²) in [6.07, 6.45) is 0.750. The molecule has 0 aromatic rings. The van der Waals surface area contributed by atoms with Crippen LogP contribution in [0.2, 0.25) is 0 Å². The molecule has 0 rings (SSSR count). The quantitative estimate of drug-likeness (QED) is 0.411. The number of hydrogen-bond donors (Lipinski definition) is 1. The number of isocyanates is 1. The average molecular weight is 137 g/mol. The summed E-state index contributed by atoms with van der Waals surface area (Å²) in [5, 5.41) is 5.40. The van der Waals surface area contributed by atoms with E-state index in [0.717, 1.165) is 6.08 Å². The standard InChI is InChI=1S/CHNO.CH2O.4CH4/c2-1-3;1-2;;;;/h2H;1H2;4*1H4. The van der Waals surface area contributed by atoms with E-state index in [-0.39, 0.29) is 29.7 Å². The van der Waals surface area contributed by atoms with Crippen LogP contribution in [0.1, 0.15) is 29.7 Å². The molecular formula is C6H19NO2. The van der Waals surface area contributed by atoms with Gasteiger partial charge in [0.2, 0.25) is 6.08 Å². The molecule has 0 aromatic carbocycles. The highest BCUT2D eigenvalue weighted by Gasteiger charge is 1.03. The predicted molar refractivity (Wildman–Crippen MR) is 42.5 cm³/mol. The summed E-state index contributed by atoms with van der Waals surface area (Å²) in [5.74, 6) is 0. The minimum Gasteiger partial charge on any atom is -0.307 e. The Labute approximate surface area is 58.6 Å². The van der Waals surface area contributed by atoms with Crippen LogP contribution in [0.3, 0.4) is 0 Å². The highest BCUT2D eigenvalue weighted by molar-refractivity contribution is 5.26. The largest absolute Gasteiger partial charge is 0.307 e. The fourth-order valence-corrected chi connectivity index (χ4v) is 0. The smallest absolute Gasteiger partial charge is 0.231 e. The van der Waals surface area contributed by atoms with Gasteiger partial charge in [0.05, 0.1) is 0 Å². The van der Waals surface area contributed by atoms with E-state index in [2.05, 4.69) is 0 Å². The van der Waals surface area contributed by atoms with E-state index in [1.807, 2.05) is 6.79 Å². The molecule has 0 bridgehead atoms. The van der Waals surface area contributed by atoms with E-state index in [0.29, 0.717) is 0 Å². The summed E-state index contributed by atoms with van der Waals surface area (Å²) < 4.78 is 0. The Balaban J connectivity index is -0.00000000357. The molecular weight excluding hydrogens is 118 g/mol. The lowest BCUT2D eigenvalue weighted by atomic mass is 11.7. The minimum absolute atomic E-state index is 0. The van der Waals surface area contributed by atoms with Crippen molar-refractivity contribution in [1.29, 1.82) is 5.41 Å². The van der Waals surface area contributed by atoms with Crippen LogP contribution in [0.15, 0.2) is 0 Å². The van der Waals surface area contributed by atoms with Crippen molar-refractivity contribution in [3.63, 3.8) is 0 Å². The second-order valence-electron chi connectivity index (χ2n) is 0.102. The van der Waals surface area contributed by atoms with Crippen molar-refractivity contribution in [3.05, 3.63) is 0 Å². The number of carbonyl (C=O) groups is 1. The van der Waals surface area contributed by atoms with Crippen molar-refractivity contribution in [1.82, 2.24) is 0 Å². The first-order valence-electron chi connectivity index (χ1n) is 0.743. The van der Waals surface area contributed by atoms with Gasteiger partial charge >= 0.3 is 0 Å². The van der Waals surface area contributed by atoms with Gasteiger partial charge in [-0.25, -0.2) is 10.2 Å². The van der Waals surface area contributed by atoms with Crippen LogP contribution in [-0.2, 0) is 9.59 Å². The Hall–Kier alpha value is -0.950. The normalized spacial score (nSPS) is 1.33. The molecule has 0 saturated heterocycles. The van der Waals surface area contributed by atoms with E-state index in [4.69, 9.17) is 15.0 Å². The predicted octanol–water partition coefficient (Wildman–Crippen LogP) is 2.26. The molecule has 0 spiro atoms. The van der Waals surface area contributed by atoms with Gasteiger partial charge in [0.25, 0.3) is 0 Å². The average Bonchev–Trinajstić information content (AvgIpc) is 1.46. The SMILES string of the molecule is C.C.C.C.C=O.N=C=O. The van der Waals surface area contributed by atoms with Crippen LogP contribution in [0, 0.1) is 5.41 Å². The molecule has 0 heterocycles. The molecule has 0 radical (unpaired) electrons. The van der Waals surface area contributed by atoms with Crippen LogP contribution in [0.5, 0.6) is 0 Å². The number of carbonyl (C=O) groups excluding carboxylic acids is 2. The van der Waals surface area contributed by atoms with E-state index < -0.39 is 0 Å². The third-order valence-electron chi connectivity index (χ3n) is 0. The topological polar surface area (TPSA) is 58.0 Å². The summed E-state index contributed by atoms with van der Waals surface area (Å²) in [6.45, 7) is 2.00. The maximum absolute atomic E-state index is 8.35. The van der Waals surface area contributed by atoms with Crippen molar-refractivity contribution >= 4 is 12.9 Å². The van der Waals surface area contributed by atoms with Gasteiger partial charge in [0.1, 0.15) is 6.79 Å². The fourth-order valence-electron chi connectivity index (χ4n) is 0. The molecule has 1 N–H and O–H groups in total. The van der Waals surface area contributed by atoms with E-state index >= 15 is 0 Å². The van der Waals surface area contributed by atoms with Gasteiger partial charge in [0, 0.05) is 0 Å². The van der Waals surface area contributed by atoms with E-state index in [1.165, 1.54) is 0 Å². The third-order valence-corrected chi connectivity index (χ3v) is 0. The summed E-state index contributed by atoms with van der Waals surface area (Å²) in [4.78, 5) is 16.3. The van der Waals surface area contributed by atoms with Crippen molar-refractivity contribution in [2.75, 3.05) is 0 Å². The lowest BCUT2D eigenvalue weighted by molar-refractivity contribution is -0.0979. The van der Waals surface area contributed by atoms with Crippen LogP contribution in [-0.4, -0.2) is 12.9 Å². The van der Waals surface area contributed by atoms with Crippen molar-refractivity contribution in [3.8, 4) is 0 Å². The van der Waals surface area contributed by atoms with Gasteiger partial charge in [-0.2, -0.15) is 0 Å². The number of rotatable bonds is 0. The molecule has 3 heteroatoms. The maximum atomic E-state index is 8.35. The van der Waals surface area contributed by atoms with Crippen LogP contribution >= 0.6 is 0 Å². The summed E-state index contributed by atoms with van der Waals surface area (Å²) >= 11 is 0. The van der Waals surface area contributed by atoms with Crippen LogP contribution in [0.4, 0.5) is 0 Å². The van der Waals surface area contributed by atoms with Crippen molar-refractivity contribution < 1.29 is 9.59 Å². The molecule has 0 aliphatic heterocycles. The zero-order valence-corrected chi connectivity index (χ0v) is 2.52. The summed E-state index contributed by atoms with van der Waals surface area (Å²) in [6, 6.07) is 0. The van der Waals surface area contributed by atoms with Crippen molar-refractivity contribution in [2.24, 2.45) is 0 Å². The molecule has 0 fully saturated rings. The molecule has 0 amide bonds. The lowest BCUT2D eigenvalue weighted by Crippen LogP contribution is -1.16. The fraction of sp³-hybridized carbons (Fsp3) is 0.667. The first-order chi connectivity index (χ1) is 2.41. The monoisotopic (exact) mass is 137 g/mol. The van der Waals surface area contributed by atoms with Gasteiger partial charge in [0.15, 0.2) is 0 Å². The number of hydrogen-bond acceptors (Lipinski definition) is 3. The maximum Gasteiger partial charge on any atom is 0.231 e. The van der Waals surface area contributed by atoms with Gasteiger partial charge in [-0.15, -0.1) is 0 Å². The second-order valence-corrected chi connectivity index (χ2v) is 0.102. The summed E-state index contributed by atoms with van der Waals surface area (Å²) in [5.41, 5.74) is 0. The minimum atomic E-state index is 0. The third kappa shape index (κ3) is 199. The molecule has 0 aliphatic carbocycles. The Morgan fingerprint density at radius 1 is 1.00 bits per heavy atom. The zero-order valence-electron chi connectivity index (χ0n) is 2.52. The van der Waals surface area contributed by atoms with Gasteiger partial charge in [-0.1, -0.05) is 29.7 Å². The molecule has 0 atom stereocenters. The van der Waals surface area contributed by atoms with Gasteiger partial charge in [-0.3, -0.25) is 0 Å². The van der Waals surface area contributed by atoms with E-state index in [9.17, 15) is 0 Å².